The van der Waals surface area contributed by atoms with Gasteiger partial charge >= 0.3 is 6.36 Å². The van der Waals surface area contributed by atoms with Gasteiger partial charge in [-0.05, 0) is 47.9 Å². The van der Waals surface area contributed by atoms with E-state index in [2.05, 4.69) is 16.7 Å². The molecule has 0 bridgehead atoms. The molecule has 0 radical (unpaired) electrons. The van der Waals surface area contributed by atoms with Crippen molar-refractivity contribution in [2.45, 2.75) is 26.6 Å². The fourth-order valence-corrected chi connectivity index (χ4v) is 2.46. The van der Waals surface area contributed by atoms with Gasteiger partial charge < -0.3 is 15.4 Å². The van der Waals surface area contributed by atoms with Gasteiger partial charge in [-0.3, -0.25) is 0 Å². The van der Waals surface area contributed by atoms with Gasteiger partial charge in [0, 0.05) is 25.2 Å². The molecule has 0 fully saturated rings. The van der Waals surface area contributed by atoms with E-state index in [-0.39, 0.29) is 5.75 Å². The molecular weight excluding hydrogens is 329 g/mol. The Hall–Kier alpha value is -2.81. The van der Waals surface area contributed by atoms with Gasteiger partial charge in [0.1, 0.15) is 5.75 Å². The summed E-state index contributed by atoms with van der Waals surface area (Å²) >= 11 is 0. The topological polar surface area (TPSA) is 38.5 Å². The van der Waals surface area contributed by atoms with Gasteiger partial charge in [-0.15, -0.1) is 13.2 Å². The minimum atomic E-state index is -4.71. The van der Waals surface area contributed by atoms with Crippen molar-refractivity contribution in [2.75, 3.05) is 17.7 Å². The molecule has 0 heterocycles. The molecule has 0 saturated heterocycles. The van der Waals surface area contributed by atoms with Crippen LogP contribution in [0.5, 0.6) is 5.75 Å². The number of benzene rings is 2. The lowest BCUT2D eigenvalue weighted by Crippen LogP contribution is -2.16. The van der Waals surface area contributed by atoms with E-state index in [0.717, 1.165) is 28.8 Å². The molecule has 0 aliphatic carbocycles. The van der Waals surface area contributed by atoms with Crippen LogP contribution in [0.1, 0.15) is 18.9 Å². The summed E-state index contributed by atoms with van der Waals surface area (Å²) in [6, 6.07) is 12.3. The molecule has 2 N–H and O–H groups in total. The first kappa shape index (κ1) is 18.5. The zero-order chi connectivity index (χ0) is 18.6. The summed E-state index contributed by atoms with van der Waals surface area (Å²) in [6.45, 7) is 3.89. The molecule has 3 nitrogen and oxygen atoms in total. The number of hydrogen-bond donors (Lipinski definition) is 1. The molecule has 2 aromatic rings. The van der Waals surface area contributed by atoms with Crippen LogP contribution in [-0.4, -0.2) is 13.4 Å². The van der Waals surface area contributed by atoms with Crippen molar-refractivity contribution in [3.05, 3.63) is 42.0 Å². The summed E-state index contributed by atoms with van der Waals surface area (Å²) in [5.41, 5.74) is 9.92. The molecule has 0 unspecified atom stereocenters. The van der Waals surface area contributed by atoms with E-state index in [0.29, 0.717) is 5.69 Å². The number of nitrogen functional groups attached to an aromatic ring is 1. The van der Waals surface area contributed by atoms with Crippen molar-refractivity contribution in [3.63, 3.8) is 0 Å². The Morgan fingerprint density at radius 2 is 1.80 bits per heavy atom. The number of nitrogens with zero attached hydrogens (tertiary/aromatic N) is 1. The van der Waals surface area contributed by atoms with Gasteiger partial charge in [0.15, 0.2) is 0 Å². The highest BCUT2D eigenvalue weighted by Gasteiger charge is 2.31. The van der Waals surface area contributed by atoms with Crippen molar-refractivity contribution in [1.82, 2.24) is 0 Å². The van der Waals surface area contributed by atoms with Gasteiger partial charge in [-0.25, -0.2) is 0 Å². The number of alkyl halides is 3. The van der Waals surface area contributed by atoms with Crippen LogP contribution in [0.3, 0.4) is 0 Å². The fraction of sp³-hybridized carbons (Fsp3) is 0.263. The summed E-state index contributed by atoms with van der Waals surface area (Å²) in [6.07, 6.45) is -3.97. The molecule has 2 aromatic carbocycles. The first-order valence-electron chi connectivity index (χ1n) is 7.70. The fourth-order valence-electron chi connectivity index (χ4n) is 2.46. The first-order chi connectivity index (χ1) is 11.7. The van der Waals surface area contributed by atoms with Crippen molar-refractivity contribution >= 4 is 11.4 Å². The van der Waals surface area contributed by atoms with E-state index < -0.39 is 6.36 Å². The van der Waals surface area contributed by atoms with Crippen molar-refractivity contribution < 1.29 is 17.9 Å². The maximum Gasteiger partial charge on any atom is 0.573 e. The minimum absolute atomic E-state index is 0.260. The van der Waals surface area contributed by atoms with E-state index in [1.165, 1.54) is 12.1 Å². The summed E-state index contributed by atoms with van der Waals surface area (Å²) in [5, 5.41) is 0. The summed E-state index contributed by atoms with van der Waals surface area (Å²) in [5.74, 6) is 2.73. The lowest BCUT2D eigenvalue weighted by Gasteiger charge is -2.19. The van der Waals surface area contributed by atoms with E-state index >= 15 is 0 Å². The number of rotatable bonds is 3. The highest BCUT2D eigenvalue weighted by Crippen LogP contribution is 2.34. The first-order valence-corrected chi connectivity index (χ1v) is 7.70. The third kappa shape index (κ3) is 4.83. The van der Waals surface area contributed by atoms with E-state index in [1.54, 1.807) is 23.1 Å². The highest BCUT2D eigenvalue weighted by molar-refractivity contribution is 5.79. The molecule has 0 amide bonds. The second kappa shape index (κ2) is 7.39. The van der Waals surface area contributed by atoms with Crippen molar-refractivity contribution in [2.24, 2.45) is 0 Å². The third-order valence-corrected chi connectivity index (χ3v) is 3.59. The van der Waals surface area contributed by atoms with Gasteiger partial charge in [0.2, 0.25) is 0 Å². The Morgan fingerprint density at radius 3 is 2.36 bits per heavy atom. The van der Waals surface area contributed by atoms with E-state index in [1.807, 2.05) is 27.0 Å². The predicted octanol–water partition coefficient (Wildman–Crippen LogP) is 4.95. The zero-order valence-electron chi connectivity index (χ0n) is 14.2. The molecule has 2 rings (SSSR count). The second-order valence-corrected chi connectivity index (χ2v) is 5.49. The number of ether oxygens (including phenoxy) is 1. The Kier molecular flexibility index (Phi) is 5.48. The number of halogens is 3. The SMILES string of the molecule is CCC#CN(C)c1cc(N)cc(-c2ccc(OC(F)(F)F)cc2)c1C. The average Bonchev–Trinajstić information content (AvgIpc) is 2.53. The molecule has 0 aromatic heterocycles. The van der Waals surface area contributed by atoms with E-state index in [4.69, 9.17) is 5.73 Å². The van der Waals surface area contributed by atoms with Crippen molar-refractivity contribution in [3.8, 4) is 28.8 Å². The molecule has 132 valence electrons. The van der Waals surface area contributed by atoms with Crippen LogP contribution >= 0.6 is 0 Å². The van der Waals surface area contributed by atoms with Gasteiger partial charge in [-0.2, -0.15) is 0 Å². The van der Waals surface area contributed by atoms with Crippen LogP contribution < -0.4 is 15.4 Å². The summed E-state index contributed by atoms with van der Waals surface area (Å²) in [7, 11) is 1.84. The van der Waals surface area contributed by atoms with Gasteiger partial charge in [0.25, 0.3) is 0 Å². The number of anilines is 2. The molecule has 0 aliphatic heterocycles. The van der Waals surface area contributed by atoms with Gasteiger partial charge in [-0.1, -0.05) is 25.0 Å². The standard InChI is InChI=1S/C19H19F3N2O/c1-4-5-10-24(3)18-12-15(23)11-17(13(18)2)14-6-8-16(9-7-14)25-19(20,21)22/h6-9,11-12H,4,23H2,1-3H3. The molecule has 0 saturated carbocycles. The maximum atomic E-state index is 12.3. The number of hydrogen-bond acceptors (Lipinski definition) is 3. The lowest BCUT2D eigenvalue weighted by atomic mass is 9.98. The van der Waals surface area contributed by atoms with Gasteiger partial charge in [0.05, 0.1) is 5.69 Å². The Morgan fingerprint density at radius 1 is 1.16 bits per heavy atom. The second-order valence-electron chi connectivity index (χ2n) is 5.49. The highest BCUT2D eigenvalue weighted by atomic mass is 19.4. The normalized spacial score (nSPS) is 10.8. The summed E-state index contributed by atoms with van der Waals surface area (Å²) in [4.78, 5) is 1.79. The maximum absolute atomic E-state index is 12.3. The van der Waals surface area contributed by atoms with Crippen LogP contribution in [0.25, 0.3) is 11.1 Å². The minimum Gasteiger partial charge on any atom is -0.406 e. The molecule has 0 atom stereocenters. The lowest BCUT2D eigenvalue weighted by molar-refractivity contribution is -0.274. The molecular formula is C19H19F3N2O. The monoisotopic (exact) mass is 348 g/mol. The zero-order valence-corrected chi connectivity index (χ0v) is 14.2. The largest absolute Gasteiger partial charge is 0.573 e. The predicted molar refractivity (Wildman–Crippen MR) is 94.2 cm³/mol. The van der Waals surface area contributed by atoms with Crippen LogP contribution in [0.4, 0.5) is 24.5 Å². The molecule has 6 heteroatoms. The van der Waals surface area contributed by atoms with Crippen molar-refractivity contribution in [1.29, 1.82) is 0 Å². The Balaban J connectivity index is 2.41. The summed E-state index contributed by atoms with van der Waals surface area (Å²) < 4.78 is 40.7. The number of nitrogens with two attached hydrogens (primary N) is 1. The molecule has 0 spiro atoms. The molecule has 25 heavy (non-hydrogen) atoms. The smallest absolute Gasteiger partial charge is 0.406 e. The van der Waals surface area contributed by atoms with Crippen LogP contribution in [-0.2, 0) is 0 Å². The Bertz CT molecular complexity index is 802. The quantitative estimate of drug-likeness (QED) is 0.484. The van der Waals surface area contributed by atoms with Crippen LogP contribution in [0, 0.1) is 18.9 Å². The van der Waals surface area contributed by atoms with Crippen LogP contribution in [0.2, 0.25) is 0 Å². The molecule has 0 aliphatic rings. The average molecular weight is 348 g/mol. The third-order valence-electron chi connectivity index (χ3n) is 3.59. The van der Waals surface area contributed by atoms with Crippen LogP contribution in [0.15, 0.2) is 36.4 Å². The Labute approximate surface area is 145 Å². The van der Waals surface area contributed by atoms with E-state index in [9.17, 15) is 13.2 Å².